The molecule has 0 aromatic rings. The van der Waals surface area contributed by atoms with Gasteiger partial charge in [0.15, 0.2) is 0 Å². The number of rotatable bonds is 6. The highest BCUT2D eigenvalue weighted by Gasteiger charge is 2.32. The third kappa shape index (κ3) is 5.52. The van der Waals surface area contributed by atoms with Crippen molar-refractivity contribution in [2.75, 3.05) is 39.1 Å². The Kier molecular flexibility index (Phi) is 7.58. The number of hydrogen-bond donors (Lipinski definition) is 2. The van der Waals surface area contributed by atoms with Crippen LogP contribution in [-0.4, -0.2) is 47.5 Å². The minimum atomic E-state index is -3.10. The lowest BCUT2D eigenvalue weighted by atomic mass is 9.80. The van der Waals surface area contributed by atoms with Crippen LogP contribution in [-0.2, 0) is 14.8 Å². The summed E-state index contributed by atoms with van der Waals surface area (Å²) in [4.78, 5) is 0. The van der Waals surface area contributed by atoms with Gasteiger partial charge in [-0.3, -0.25) is 0 Å². The average Bonchev–Trinajstić information content (AvgIpc) is 2.29. The van der Waals surface area contributed by atoms with Gasteiger partial charge in [0, 0.05) is 19.1 Å². The van der Waals surface area contributed by atoms with Crippen molar-refractivity contribution < 1.29 is 13.2 Å². The number of halogens is 1. The van der Waals surface area contributed by atoms with Crippen LogP contribution < -0.4 is 10.0 Å². The molecule has 2 N–H and O–H groups in total. The molecule has 7 heteroatoms. The molecule has 1 heterocycles. The highest BCUT2D eigenvalue weighted by Crippen LogP contribution is 2.28. The van der Waals surface area contributed by atoms with E-state index < -0.39 is 10.0 Å². The summed E-state index contributed by atoms with van der Waals surface area (Å²) in [6.45, 7) is 4.60. The second-order valence-corrected chi connectivity index (χ2v) is 6.50. The molecular weight excluding hydrogens is 264 g/mol. The molecular formula is C10H23ClN2O3S. The Bertz CT molecular complexity index is 297. The molecule has 17 heavy (non-hydrogen) atoms. The fourth-order valence-corrected chi connectivity index (χ4v) is 2.73. The Morgan fingerprint density at radius 1 is 1.35 bits per heavy atom. The second-order valence-electron chi connectivity index (χ2n) is 4.41. The van der Waals surface area contributed by atoms with Crippen molar-refractivity contribution in [1.29, 1.82) is 0 Å². The number of sulfonamides is 1. The van der Waals surface area contributed by atoms with E-state index in [1.807, 2.05) is 0 Å². The third-order valence-corrected chi connectivity index (χ3v) is 4.51. The maximum absolute atomic E-state index is 11.4. The van der Waals surface area contributed by atoms with Crippen LogP contribution >= 0.6 is 12.4 Å². The van der Waals surface area contributed by atoms with E-state index in [0.29, 0.717) is 13.2 Å². The number of ether oxygens (including phenoxy) is 1. The monoisotopic (exact) mass is 286 g/mol. The van der Waals surface area contributed by atoms with Crippen LogP contribution in [0.2, 0.25) is 0 Å². The molecule has 0 aliphatic carbocycles. The van der Waals surface area contributed by atoms with Crippen LogP contribution in [0.3, 0.4) is 0 Å². The highest BCUT2D eigenvalue weighted by atomic mass is 35.5. The van der Waals surface area contributed by atoms with Gasteiger partial charge in [0.05, 0.1) is 12.4 Å². The van der Waals surface area contributed by atoms with Crippen LogP contribution in [0.5, 0.6) is 0 Å². The van der Waals surface area contributed by atoms with Gasteiger partial charge in [-0.05, 0) is 32.9 Å². The Labute approximate surface area is 110 Å². The average molecular weight is 287 g/mol. The zero-order valence-corrected chi connectivity index (χ0v) is 12.1. The van der Waals surface area contributed by atoms with Crippen molar-refractivity contribution in [1.82, 2.24) is 10.0 Å². The van der Waals surface area contributed by atoms with Gasteiger partial charge in [0.25, 0.3) is 0 Å². The van der Waals surface area contributed by atoms with Gasteiger partial charge in [0.2, 0.25) is 10.0 Å². The molecule has 0 saturated carbocycles. The fraction of sp³-hybridized carbons (Fsp3) is 1.00. The minimum Gasteiger partial charge on any atom is -0.384 e. The summed E-state index contributed by atoms with van der Waals surface area (Å²) in [5.41, 5.74) is -0.0394. The Hall–Kier alpha value is 0.120. The Morgan fingerprint density at radius 3 is 2.41 bits per heavy atom. The molecule has 0 radical (unpaired) electrons. The van der Waals surface area contributed by atoms with Gasteiger partial charge in [0.1, 0.15) is 0 Å². The molecule has 104 valence electrons. The van der Waals surface area contributed by atoms with Crippen LogP contribution in [0.1, 0.15) is 19.8 Å². The number of nitrogens with one attached hydrogen (secondary N) is 2. The summed E-state index contributed by atoms with van der Waals surface area (Å²) in [5.74, 6) is 0.133. The van der Waals surface area contributed by atoms with Crippen molar-refractivity contribution in [3.63, 3.8) is 0 Å². The highest BCUT2D eigenvalue weighted by molar-refractivity contribution is 7.89. The maximum atomic E-state index is 11.4. The van der Waals surface area contributed by atoms with Crippen LogP contribution in [0.15, 0.2) is 0 Å². The van der Waals surface area contributed by atoms with Crippen molar-refractivity contribution in [2.24, 2.45) is 5.41 Å². The smallest absolute Gasteiger partial charge is 0.211 e. The van der Waals surface area contributed by atoms with E-state index in [4.69, 9.17) is 4.74 Å². The first-order valence-electron chi connectivity index (χ1n) is 5.71. The molecule has 0 unspecified atom stereocenters. The Morgan fingerprint density at radius 2 is 1.94 bits per heavy atom. The molecule has 1 aliphatic rings. The topological polar surface area (TPSA) is 67.4 Å². The number of piperidine rings is 1. The lowest BCUT2D eigenvalue weighted by Crippen LogP contribution is -2.47. The minimum absolute atomic E-state index is 0. The van der Waals surface area contributed by atoms with E-state index >= 15 is 0 Å². The van der Waals surface area contributed by atoms with Crippen molar-refractivity contribution in [3.05, 3.63) is 0 Å². The molecule has 1 rings (SSSR count). The molecule has 0 atom stereocenters. The van der Waals surface area contributed by atoms with E-state index in [9.17, 15) is 8.42 Å². The zero-order chi connectivity index (χ0) is 12.1. The standard InChI is InChI=1S/C10H22N2O3S.ClH/c1-3-16(13,14)12-8-10(9-15-2)4-6-11-7-5-10;/h11-12H,3-9H2,1-2H3;1H. The molecule has 0 aromatic carbocycles. The van der Waals surface area contributed by atoms with E-state index in [-0.39, 0.29) is 23.6 Å². The van der Waals surface area contributed by atoms with Crippen LogP contribution in [0, 0.1) is 5.41 Å². The van der Waals surface area contributed by atoms with Crippen molar-refractivity contribution in [3.8, 4) is 0 Å². The molecule has 1 fully saturated rings. The molecule has 1 saturated heterocycles. The van der Waals surface area contributed by atoms with Gasteiger partial charge in [-0.15, -0.1) is 12.4 Å². The normalized spacial score (nSPS) is 19.6. The van der Waals surface area contributed by atoms with Crippen LogP contribution in [0.4, 0.5) is 0 Å². The number of hydrogen-bond acceptors (Lipinski definition) is 4. The van der Waals surface area contributed by atoms with Gasteiger partial charge in [-0.1, -0.05) is 0 Å². The molecule has 1 aliphatic heterocycles. The van der Waals surface area contributed by atoms with Crippen molar-refractivity contribution in [2.45, 2.75) is 19.8 Å². The quantitative estimate of drug-likeness (QED) is 0.740. The van der Waals surface area contributed by atoms with Gasteiger partial charge >= 0.3 is 0 Å². The first-order valence-corrected chi connectivity index (χ1v) is 7.36. The summed E-state index contributed by atoms with van der Waals surface area (Å²) in [7, 11) is -1.44. The predicted octanol–water partition coefficient (Wildman–Crippen LogP) is 0.364. The molecule has 0 aromatic heterocycles. The van der Waals surface area contributed by atoms with E-state index in [1.165, 1.54) is 0 Å². The maximum Gasteiger partial charge on any atom is 0.211 e. The molecule has 0 bridgehead atoms. The van der Waals surface area contributed by atoms with Gasteiger partial charge in [-0.25, -0.2) is 13.1 Å². The van der Waals surface area contributed by atoms with E-state index in [2.05, 4.69) is 10.0 Å². The van der Waals surface area contributed by atoms with E-state index in [0.717, 1.165) is 25.9 Å². The van der Waals surface area contributed by atoms with E-state index in [1.54, 1.807) is 14.0 Å². The third-order valence-electron chi connectivity index (χ3n) is 3.16. The van der Waals surface area contributed by atoms with Crippen LogP contribution in [0.25, 0.3) is 0 Å². The molecule has 0 amide bonds. The van der Waals surface area contributed by atoms with Gasteiger partial charge in [-0.2, -0.15) is 0 Å². The number of methoxy groups -OCH3 is 1. The summed E-state index contributed by atoms with van der Waals surface area (Å²) >= 11 is 0. The lowest BCUT2D eigenvalue weighted by Gasteiger charge is -2.37. The largest absolute Gasteiger partial charge is 0.384 e. The molecule has 0 spiro atoms. The summed E-state index contributed by atoms with van der Waals surface area (Å²) in [6, 6.07) is 0. The summed E-state index contributed by atoms with van der Waals surface area (Å²) < 4.78 is 30.7. The Balaban J connectivity index is 0.00000256. The SMILES string of the molecule is CCS(=O)(=O)NCC1(COC)CCNCC1.Cl. The molecule has 5 nitrogen and oxygen atoms in total. The first kappa shape index (κ1) is 17.1. The summed E-state index contributed by atoms with van der Waals surface area (Å²) in [5, 5.41) is 3.28. The first-order chi connectivity index (χ1) is 7.54. The summed E-state index contributed by atoms with van der Waals surface area (Å²) in [6.07, 6.45) is 1.90. The second kappa shape index (κ2) is 7.53. The zero-order valence-electron chi connectivity index (χ0n) is 10.5. The van der Waals surface area contributed by atoms with Gasteiger partial charge < -0.3 is 10.1 Å². The fourth-order valence-electron chi connectivity index (χ4n) is 2.00. The lowest BCUT2D eigenvalue weighted by molar-refractivity contribution is 0.0577. The van der Waals surface area contributed by atoms with Crippen molar-refractivity contribution >= 4 is 22.4 Å². The predicted molar refractivity (Wildman–Crippen MR) is 71.1 cm³/mol.